The summed E-state index contributed by atoms with van der Waals surface area (Å²) >= 11 is 0. The molecule has 2 heteroatoms. The van der Waals surface area contributed by atoms with Gasteiger partial charge in [-0.2, -0.15) is 0 Å². The van der Waals surface area contributed by atoms with Crippen molar-refractivity contribution in [1.29, 1.82) is 0 Å². The van der Waals surface area contributed by atoms with Gasteiger partial charge in [0.1, 0.15) is 0 Å². The van der Waals surface area contributed by atoms with Crippen LogP contribution in [0.5, 0.6) is 0 Å². The van der Waals surface area contributed by atoms with Crippen LogP contribution >= 0.6 is 0 Å². The number of terminal acetylenes is 1. The molecule has 4 rings (SSSR count). The van der Waals surface area contributed by atoms with Crippen LogP contribution in [0.4, 0.5) is 11.4 Å². The van der Waals surface area contributed by atoms with Crippen LogP contribution in [0.25, 0.3) is 0 Å². The van der Waals surface area contributed by atoms with Gasteiger partial charge in [0, 0.05) is 106 Å². The van der Waals surface area contributed by atoms with E-state index < -0.39 is 0 Å². The van der Waals surface area contributed by atoms with Gasteiger partial charge in [-0.05, 0) is 85.3 Å². The zero-order valence-corrected chi connectivity index (χ0v) is 36.3. The number of hydrogen-bond donors (Lipinski definition) is 0. The molecule has 0 bridgehead atoms. The molecule has 2 aromatic carbocycles. The van der Waals surface area contributed by atoms with Crippen LogP contribution in [-0.2, 0) is 10.8 Å². The molecular formula is C59H51N2+. The van der Waals surface area contributed by atoms with Crippen LogP contribution in [0.2, 0.25) is 0 Å². The highest BCUT2D eigenvalue weighted by Gasteiger charge is 2.44. The molecule has 0 amide bonds. The lowest BCUT2D eigenvalue weighted by Gasteiger charge is -2.27. The van der Waals surface area contributed by atoms with Gasteiger partial charge in [0.05, 0.1) is 11.3 Å². The van der Waals surface area contributed by atoms with E-state index >= 15 is 0 Å². The molecule has 0 radical (unpaired) electrons. The van der Waals surface area contributed by atoms with Crippen LogP contribution in [0.1, 0.15) is 110 Å². The third kappa shape index (κ3) is 14.3. The molecule has 2 heterocycles. The first-order valence-corrected chi connectivity index (χ1v) is 21.0. The summed E-state index contributed by atoms with van der Waals surface area (Å²) in [5.74, 6) is 51.6. The van der Waals surface area contributed by atoms with Gasteiger partial charge in [0.2, 0.25) is 17.4 Å². The maximum Gasteiger partial charge on any atom is 0.243 e. The minimum atomic E-state index is -0.252. The summed E-state index contributed by atoms with van der Waals surface area (Å²) in [6.07, 6.45) is 29.2. The number of benzene rings is 2. The second-order valence-corrected chi connectivity index (χ2v) is 15.3. The predicted molar refractivity (Wildman–Crippen MR) is 256 cm³/mol. The third-order valence-corrected chi connectivity index (χ3v) is 10.3. The molecule has 0 aromatic heterocycles. The van der Waals surface area contributed by atoms with Gasteiger partial charge in [0.15, 0.2) is 0 Å². The Kier molecular flexibility index (Phi) is 19.3. The normalized spacial score (nSPS) is 13.4. The van der Waals surface area contributed by atoms with Crippen molar-refractivity contribution in [2.45, 2.75) is 110 Å². The second-order valence-electron chi connectivity index (χ2n) is 15.3. The Labute approximate surface area is 367 Å². The monoisotopic (exact) mass is 787 g/mol. The van der Waals surface area contributed by atoms with Crippen LogP contribution in [0.15, 0.2) is 84.6 Å². The van der Waals surface area contributed by atoms with Crippen LogP contribution < -0.4 is 4.90 Å². The number of anilines is 1. The zero-order chi connectivity index (χ0) is 43.4. The van der Waals surface area contributed by atoms with Crippen LogP contribution in [0.3, 0.4) is 0 Å². The lowest BCUT2D eigenvalue weighted by Crippen LogP contribution is -2.27. The highest BCUT2D eigenvalue weighted by atomic mass is 15.2. The van der Waals surface area contributed by atoms with Crippen molar-refractivity contribution in [3.05, 3.63) is 95.7 Å². The number of hydrogen-bond acceptors (Lipinski definition) is 1. The average molecular weight is 788 g/mol. The topological polar surface area (TPSA) is 6.25 Å². The highest BCUT2D eigenvalue weighted by Crippen LogP contribution is 2.47. The van der Waals surface area contributed by atoms with Gasteiger partial charge in [-0.25, -0.2) is 0 Å². The minimum absolute atomic E-state index is 0.0787. The van der Waals surface area contributed by atoms with Crippen molar-refractivity contribution in [1.82, 2.24) is 0 Å². The van der Waals surface area contributed by atoms with Gasteiger partial charge >= 0.3 is 0 Å². The molecule has 0 atom stereocenters. The van der Waals surface area contributed by atoms with Crippen molar-refractivity contribution < 1.29 is 4.58 Å². The first-order chi connectivity index (χ1) is 29.8. The van der Waals surface area contributed by atoms with Crippen molar-refractivity contribution in [3.8, 4) is 131 Å². The maximum absolute atomic E-state index is 5.00. The van der Waals surface area contributed by atoms with E-state index in [9.17, 15) is 0 Å². The predicted octanol–water partition coefficient (Wildman–Crippen LogP) is 10.4. The van der Waals surface area contributed by atoms with Crippen molar-refractivity contribution in [3.63, 3.8) is 0 Å². The van der Waals surface area contributed by atoms with Gasteiger partial charge in [-0.3, -0.25) is 0 Å². The Morgan fingerprint density at radius 1 is 0.525 bits per heavy atom. The fraction of sp³-hybridized carbons (Fsp3) is 0.305. The summed E-state index contributed by atoms with van der Waals surface area (Å²) in [4.78, 5) is 2.55. The van der Waals surface area contributed by atoms with Gasteiger partial charge in [-0.15, -0.1) is 11.0 Å². The lowest BCUT2D eigenvalue weighted by molar-refractivity contribution is -0.332. The van der Waals surface area contributed by atoms with Gasteiger partial charge in [-0.1, -0.05) is 133 Å². The number of para-hydroxylation sites is 2. The molecule has 0 aliphatic carbocycles. The van der Waals surface area contributed by atoms with Crippen LogP contribution in [-0.4, -0.2) is 16.8 Å². The Bertz CT molecular complexity index is 2760. The fourth-order valence-corrected chi connectivity index (χ4v) is 7.30. The van der Waals surface area contributed by atoms with E-state index in [1.54, 1.807) is 0 Å². The van der Waals surface area contributed by atoms with Gasteiger partial charge < -0.3 is 4.90 Å². The standard InChI is InChI=1S/C59H51N2/c1-7-9-11-13-15-17-19-20-21-22-23-24-25-26-27-28-30-32-34-43-51-61-55-47-41-39-45-53(55)59(5,6)57(61)49-37-35-36-48-56-58(3,4)52-44-38-40-46-54(52)60(56)50-42-33-31-29-18-16-14-12-10-8-2/h1,35-41,44-49H,8,10,12,14,16,18,29,31,33,42,50H2,2-6H3/q+1. The Morgan fingerprint density at radius 3 is 1.56 bits per heavy atom. The summed E-state index contributed by atoms with van der Waals surface area (Å²) < 4.78 is 2.03. The molecule has 0 saturated heterocycles. The van der Waals surface area contributed by atoms with E-state index in [1.165, 1.54) is 86.7 Å². The summed E-state index contributed by atoms with van der Waals surface area (Å²) in [6.45, 7) is 12.5. The van der Waals surface area contributed by atoms with Crippen molar-refractivity contribution >= 4 is 17.1 Å². The molecule has 0 N–H and O–H groups in total. The lowest BCUT2D eigenvalue weighted by atomic mass is 9.81. The molecule has 0 unspecified atom stereocenters. The number of unbranched alkanes of at least 4 members (excludes halogenated alkanes) is 9. The van der Waals surface area contributed by atoms with E-state index in [0.717, 1.165) is 17.9 Å². The van der Waals surface area contributed by atoms with E-state index in [4.69, 9.17) is 6.42 Å². The SMILES string of the molecule is C#CC#CC#CC#CC#CC#CC#CC#CC#CC#CC#C[N+]1=C(/C=C/C=C/C=C2\N(CCCCCCCCCCCC)c3ccccc3C2(C)C)C(C)(C)c2ccccc21. The molecule has 2 aliphatic rings. The molecule has 2 aliphatic heterocycles. The fourth-order valence-electron chi connectivity index (χ4n) is 7.30. The highest BCUT2D eigenvalue weighted by molar-refractivity contribution is 6.03. The summed E-state index contributed by atoms with van der Waals surface area (Å²) in [7, 11) is 0. The Morgan fingerprint density at radius 2 is 1.00 bits per heavy atom. The smallest absolute Gasteiger partial charge is 0.243 e. The molecule has 61 heavy (non-hydrogen) atoms. The average Bonchev–Trinajstić information content (AvgIpc) is 3.61. The largest absolute Gasteiger partial charge is 0.344 e. The quantitative estimate of drug-likeness (QED) is 0.0800. The van der Waals surface area contributed by atoms with Crippen molar-refractivity contribution in [2.75, 3.05) is 11.4 Å². The number of fused-ring (bicyclic) bond motifs is 2. The summed E-state index contributed by atoms with van der Waals surface area (Å²) in [5, 5.41) is 0. The van der Waals surface area contributed by atoms with E-state index in [2.05, 4.69) is 237 Å². The van der Waals surface area contributed by atoms with E-state index in [-0.39, 0.29) is 10.8 Å². The molecule has 2 aromatic rings. The molecular weight excluding hydrogens is 737 g/mol. The minimum Gasteiger partial charge on any atom is -0.344 e. The molecule has 0 spiro atoms. The number of rotatable bonds is 14. The molecule has 296 valence electrons. The summed E-state index contributed by atoms with van der Waals surface area (Å²) in [5.41, 5.74) is 7.08. The van der Waals surface area contributed by atoms with Crippen LogP contribution in [0, 0.1) is 131 Å². The van der Waals surface area contributed by atoms with E-state index in [1.807, 2.05) is 10.6 Å². The third-order valence-electron chi connectivity index (χ3n) is 10.3. The Hall–Kier alpha value is -7.71. The second kappa shape index (κ2) is 25.6. The van der Waals surface area contributed by atoms with Crippen molar-refractivity contribution in [2.24, 2.45) is 0 Å². The first kappa shape index (κ1) is 46.0. The first-order valence-electron chi connectivity index (χ1n) is 21.0. The Balaban J connectivity index is 1.42. The number of nitrogens with zero attached hydrogens (tertiary/aromatic N) is 2. The zero-order valence-electron chi connectivity index (χ0n) is 36.3. The molecule has 2 nitrogen and oxygen atoms in total. The van der Waals surface area contributed by atoms with E-state index in [0.29, 0.717) is 0 Å². The maximum atomic E-state index is 5.00. The molecule has 0 saturated carbocycles. The molecule has 0 fully saturated rings. The van der Waals surface area contributed by atoms with Gasteiger partial charge in [0.25, 0.3) is 0 Å². The summed E-state index contributed by atoms with van der Waals surface area (Å²) in [6, 6.07) is 20.5. The number of allylic oxidation sites excluding steroid dienone is 6.